The Morgan fingerprint density at radius 3 is 1.26 bits per heavy atom. The minimum absolute atomic E-state index is 0.633. The van der Waals surface area contributed by atoms with E-state index in [0.717, 1.165) is 55.4 Å². The fraction of sp³-hybridized carbons (Fsp3) is 0.0182. The third-order valence-corrected chi connectivity index (χ3v) is 13.3. The van der Waals surface area contributed by atoms with E-state index >= 15 is 0 Å². The van der Waals surface area contributed by atoms with Crippen molar-refractivity contribution in [1.82, 2.24) is 9.13 Å². The summed E-state index contributed by atoms with van der Waals surface area (Å²) in [6.45, 7) is 0. The summed E-state index contributed by atoms with van der Waals surface area (Å²) in [5.74, 6) is 0. The van der Waals surface area contributed by atoms with Crippen molar-refractivity contribution >= 4 is 65.6 Å². The predicted molar refractivity (Wildman–Crippen MR) is 239 cm³/mol. The summed E-state index contributed by atoms with van der Waals surface area (Å²) in [6, 6.07) is 71.6. The molecule has 0 N–H and O–H groups in total. The smallest absolute Gasteiger partial charge is 0.146 e. The van der Waals surface area contributed by atoms with Crippen molar-refractivity contribution in [2.45, 2.75) is 5.41 Å². The first-order chi connectivity index (χ1) is 28.8. The molecule has 268 valence electrons. The average Bonchev–Trinajstić information content (AvgIpc) is 4.00. The first-order valence-electron chi connectivity index (χ1n) is 20.1. The summed E-state index contributed by atoms with van der Waals surface area (Å²) in [5, 5.41) is 7.01. The monoisotopic (exact) mass is 736 g/mol. The van der Waals surface area contributed by atoms with Crippen LogP contribution in [0.2, 0.25) is 0 Å². The van der Waals surface area contributed by atoms with Gasteiger partial charge in [0, 0.05) is 32.9 Å². The largest absolute Gasteiger partial charge is 0.455 e. The van der Waals surface area contributed by atoms with Gasteiger partial charge in [-0.25, -0.2) is 0 Å². The van der Waals surface area contributed by atoms with E-state index in [-0.39, 0.29) is 0 Å². The van der Waals surface area contributed by atoms with Gasteiger partial charge < -0.3 is 13.6 Å². The molecule has 3 aromatic heterocycles. The van der Waals surface area contributed by atoms with Crippen molar-refractivity contribution in [3.05, 3.63) is 216 Å². The maximum Gasteiger partial charge on any atom is 0.146 e. The molecule has 0 fully saturated rings. The molecule has 0 saturated carbocycles. The van der Waals surface area contributed by atoms with E-state index in [4.69, 9.17) is 4.42 Å². The molecule has 0 bridgehead atoms. The van der Waals surface area contributed by atoms with Crippen molar-refractivity contribution in [1.29, 1.82) is 0 Å². The van der Waals surface area contributed by atoms with Gasteiger partial charge in [0.2, 0.25) is 0 Å². The number of aromatic nitrogens is 2. The highest BCUT2D eigenvalue weighted by Gasteiger charge is 2.50. The first kappa shape index (κ1) is 30.6. The molecular formula is C55H32N2O. The third-order valence-electron chi connectivity index (χ3n) is 13.3. The van der Waals surface area contributed by atoms with Crippen molar-refractivity contribution in [3.8, 4) is 33.6 Å². The Hall–Kier alpha value is -7.62. The molecular weight excluding hydrogens is 705 g/mol. The minimum Gasteiger partial charge on any atom is -0.455 e. The second-order valence-corrected chi connectivity index (χ2v) is 15.9. The number of fused-ring (bicyclic) bond motifs is 17. The van der Waals surface area contributed by atoms with Crippen LogP contribution in [0.15, 0.2) is 199 Å². The zero-order valence-corrected chi connectivity index (χ0v) is 31.3. The van der Waals surface area contributed by atoms with Gasteiger partial charge in [-0.1, -0.05) is 146 Å². The van der Waals surface area contributed by atoms with Crippen LogP contribution in [-0.2, 0) is 5.41 Å². The van der Waals surface area contributed by atoms with Crippen LogP contribution in [0.3, 0.4) is 0 Å². The lowest BCUT2D eigenvalue weighted by Crippen LogP contribution is -2.29. The summed E-state index contributed by atoms with van der Waals surface area (Å²) in [4.78, 5) is 0. The van der Waals surface area contributed by atoms with Crippen LogP contribution < -0.4 is 0 Å². The molecule has 12 aromatic rings. The van der Waals surface area contributed by atoms with Crippen molar-refractivity contribution < 1.29 is 4.42 Å². The summed E-state index contributed by atoms with van der Waals surface area (Å²) in [5.41, 5.74) is 18.2. The second-order valence-electron chi connectivity index (χ2n) is 15.9. The highest BCUT2D eigenvalue weighted by atomic mass is 16.3. The lowest BCUT2D eigenvalue weighted by Gasteiger charge is -2.35. The Morgan fingerprint density at radius 2 is 0.724 bits per heavy atom. The van der Waals surface area contributed by atoms with Gasteiger partial charge in [0.1, 0.15) is 11.2 Å². The molecule has 0 radical (unpaired) electrons. The van der Waals surface area contributed by atoms with Crippen LogP contribution in [0, 0.1) is 0 Å². The molecule has 0 saturated heterocycles. The van der Waals surface area contributed by atoms with Gasteiger partial charge in [0.05, 0.1) is 38.3 Å². The van der Waals surface area contributed by atoms with E-state index in [2.05, 4.69) is 203 Å². The van der Waals surface area contributed by atoms with Crippen LogP contribution in [-0.4, -0.2) is 9.13 Å². The Morgan fingerprint density at radius 1 is 0.310 bits per heavy atom. The van der Waals surface area contributed by atoms with Gasteiger partial charge in [-0.15, -0.1) is 0 Å². The number of benzene rings is 9. The Kier molecular flexibility index (Phi) is 5.70. The van der Waals surface area contributed by atoms with Crippen LogP contribution in [0.4, 0.5) is 0 Å². The Bertz CT molecular complexity index is 3690. The molecule has 1 spiro atoms. The standard InChI is InChI=1S/C55H32N2O/c1-3-17-33(18-4-1)56-45-29-15-10-24-38(45)49-47(56)31-40-37-23-9-14-28-43(37)55(41-26-12-7-21-35(41)36-22-8-13-27-42(36)55)44-32-48-50(54-52(44)51(40)53(49)58-54)39-25-11-16-30-46(39)57(48)34-19-5-2-6-20-34/h1-32H. The molecule has 3 heterocycles. The first-order valence-corrected chi connectivity index (χ1v) is 20.1. The number of rotatable bonds is 2. The topological polar surface area (TPSA) is 23.0 Å². The molecule has 58 heavy (non-hydrogen) atoms. The second kappa shape index (κ2) is 10.8. The summed E-state index contributed by atoms with van der Waals surface area (Å²) < 4.78 is 12.6. The van der Waals surface area contributed by atoms with E-state index in [9.17, 15) is 0 Å². The number of hydrogen-bond acceptors (Lipinski definition) is 1. The number of hydrogen-bond donors (Lipinski definition) is 0. The molecule has 9 aromatic carbocycles. The highest BCUT2D eigenvalue weighted by Crippen LogP contribution is 2.63. The lowest BCUT2D eigenvalue weighted by atomic mass is 9.66. The van der Waals surface area contributed by atoms with Crippen LogP contribution in [0.25, 0.3) is 99.2 Å². The fourth-order valence-electron chi connectivity index (χ4n) is 11.2. The van der Waals surface area contributed by atoms with Gasteiger partial charge in [-0.05, 0) is 93.0 Å². The quantitative estimate of drug-likeness (QED) is 0.173. The van der Waals surface area contributed by atoms with Crippen LogP contribution in [0.5, 0.6) is 0 Å². The molecule has 0 aliphatic heterocycles. The molecule has 0 atom stereocenters. The van der Waals surface area contributed by atoms with Crippen LogP contribution >= 0.6 is 0 Å². The zero-order valence-electron chi connectivity index (χ0n) is 31.3. The molecule has 3 nitrogen and oxygen atoms in total. The molecule has 2 aliphatic rings. The average molecular weight is 737 g/mol. The van der Waals surface area contributed by atoms with Crippen molar-refractivity contribution in [2.75, 3.05) is 0 Å². The van der Waals surface area contributed by atoms with E-state index < -0.39 is 5.41 Å². The van der Waals surface area contributed by atoms with E-state index in [1.165, 1.54) is 66.1 Å². The van der Waals surface area contributed by atoms with Crippen molar-refractivity contribution in [3.63, 3.8) is 0 Å². The number of furan rings is 1. The molecule has 2 aliphatic carbocycles. The summed E-state index contributed by atoms with van der Waals surface area (Å²) in [7, 11) is 0. The fourth-order valence-corrected chi connectivity index (χ4v) is 11.2. The van der Waals surface area contributed by atoms with E-state index in [1.807, 2.05) is 0 Å². The Labute approximate surface area is 333 Å². The SMILES string of the molecule is c1ccc(-n2c3ccccc3c3c4oc5c6c(cc7c5c5ccccc5n7-c5ccccc5)C5(c7ccccc7-c7ccccc75)c5ccccc5-c(cc32)c46)cc1. The van der Waals surface area contributed by atoms with E-state index in [1.54, 1.807) is 0 Å². The molecule has 14 rings (SSSR count). The minimum atomic E-state index is -0.633. The van der Waals surface area contributed by atoms with Crippen LogP contribution in [0.1, 0.15) is 22.3 Å². The summed E-state index contributed by atoms with van der Waals surface area (Å²) in [6.07, 6.45) is 0. The van der Waals surface area contributed by atoms with Gasteiger partial charge in [-0.3, -0.25) is 0 Å². The zero-order chi connectivity index (χ0) is 37.7. The number of para-hydroxylation sites is 4. The predicted octanol–water partition coefficient (Wildman–Crippen LogP) is 14.1. The normalized spacial score (nSPS) is 13.7. The molecule has 0 unspecified atom stereocenters. The van der Waals surface area contributed by atoms with Gasteiger partial charge in [0.25, 0.3) is 0 Å². The maximum atomic E-state index is 7.72. The van der Waals surface area contributed by atoms with Gasteiger partial charge in [-0.2, -0.15) is 0 Å². The Balaban J connectivity index is 1.31. The molecule has 0 amide bonds. The lowest BCUT2D eigenvalue weighted by molar-refractivity contribution is 0.675. The van der Waals surface area contributed by atoms with E-state index in [0.29, 0.717) is 0 Å². The number of nitrogens with zero attached hydrogens (tertiary/aromatic N) is 2. The molecule has 3 heteroatoms. The van der Waals surface area contributed by atoms with Gasteiger partial charge >= 0.3 is 0 Å². The van der Waals surface area contributed by atoms with Gasteiger partial charge in [0.15, 0.2) is 0 Å². The third kappa shape index (κ3) is 3.53. The van der Waals surface area contributed by atoms with Crippen molar-refractivity contribution in [2.24, 2.45) is 0 Å². The maximum absolute atomic E-state index is 7.72. The highest BCUT2D eigenvalue weighted by molar-refractivity contribution is 6.33. The summed E-state index contributed by atoms with van der Waals surface area (Å²) >= 11 is 0.